The standard InChI is InChI=1S/C12H16F3NO/c1-17-11(9-5-3-2-4-6-9)10(16)7-8-12(13,14)15/h2-6,10-11H,7-8,16H2,1H3. The van der Waals surface area contributed by atoms with E-state index in [0.717, 1.165) is 5.56 Å². The maximum Gasteiger partial charge on any atom is 0.389 e. The van der Waals surface area contributed by atoms with Crippen LogP contribution in [0, 0.1) is 0 Å². The highest BCUT2D eigenvalue weighted by Gasteiger charge is 2.30. The molecule has 0 fully saturated rings. The zero-order valence-corrected chi connectivity index (χ0v) is 9.58. The Labute approximate surface area is 98.6 Å². The van der Waals surface area contributed by atoms with Crippen LogP contribution in [0.25, 0.3) is 0 Å². The molecule has 1 aromatic rings. The lowest BCUT2D eigenvalue weighted by molar-refractivity contribution is -0.137. The van der Waals surface area contributed by atoms with Gasteiger partial charge in [-0.2, -0.15) is 13.2 Å². The Kier molecular flexibility index (Phi) is 4.96. The zero-order chi connectivity index (χ0) is 12.9. The molecule has 0 bridgehead atoms. The number of rotatable bonds is 5. The largest absolute Gasteiger partial charge is 0.389 e. The molecule has 0 amide bonds. The minimum Gasteiger partial charge on any atom is -0.375 e. The fraction of sp³-hybridized carbons (Fsp3) is 0.500. The summed E-state index contributed by atoms with van der Waals surface area (Å²) in [4.78, 5) is 0. The number of benzene rings is 1. The van der Waals surface area contributed by atoms with Crippen LogP contribution >= 0.6 is 0 Å². The topological polar surface area (TPSA) is 35.2 Å². The molecule has 0 aliphatic heterocycles. The van der Waals surface area contributed by atoms with E-state index in [2.05, 4.69) is 0 Å². The quantitative estimate of drug-likeness (QED) is 0.868. The number of alkyl halides is 3. The first-order valence-electron chi connectivity index (χ1n) is 5.34. The summed E-state index contributed by atoms with van der Waals surface area (Å²) in [6.45, 7) is 0. The van der Waals surface area contributed by atoms with Crippen molar-refractivity contribution in [1.29, 1.82) is 0 Å². The molecule has 0 saturated heterocycles. The third kappa shape index (κ3) is 4.75. The molecular formula is C12H16F3NO. The lowest BCUT2D eigenvalue weighted by Crippen LogP contribution is -2.31. The first-order valence-corrected chi connectivity index (χ1v) is 5.34. The van der Waals surface area contributed by atoms with Crippen LogP contribution in [0.5, 0.6) is 0 Å². The van der Waals surface area contributed by atoms with Gasteiger partial charge in [0.25, 0.3) is 0 Å². The summed E-state index contributed by atoms with van der Waals surface area (Å²) < 4.78 is 41.4. The molecule has 1 aromatic carbocycles. The Morgan fingerprint density at radius 2 is 1.82 bits per heavy atom. The molecule has 2 unspecified atom stereocenters. The van der Waals surface area contributed by atoms with Gasteiger partial charge in [0.2, 0.25) is 0 Å². The van der Waals surface area contributed by atoms with Crippen molar-refractivity contribution in [2.75, 3.05) is 7.11 Å². The fourth-order valence-electron chi connectivity index (χ4n) is 1.68. The maximum absolute atomic E-state index is 12.1. The van der Waals surface area contributed by atoms with Gasteiger partial charge in [0, 0.05) is 19.6 Å². The van der Waals surface area contributed by atoms with E-state index < -0.39 is 24.7 Å². The molecule has 0 aliphatic rings. The minimum atomic E-state index is -4.17. The molecule has 2 nitrogen and oxygen atoms in total. The molecule has 0 saturated carbocycles. The maximum atomic E-state index is 12.1. The molecule has 5 heteroatoms. The van der Waals surface area contributed by atoms with Crippen molar-refractivity contribution >= 4 is 0 Å². The van der Waals surface area contributed by atoms with E-state index in [1.807, 2.05) is 6.07 Å². The van der Waals surface area contributed by atoms with Gasteiger partial charge in [-0.3, -0.25) is 0 Å². The first-order chi connectivity index (χ1) is 7.94. The van der Waals surface area contributed by atoms with Gasteiger partial charge in [-0.25, -0.2) is 0 Å². The summed E-state index contributed by atoms with van der Waals surface area (Å²) >= 11 is 0. The Balaban J connectivity index is 2.62. The number of hydrogen-bond donors (Lipinski definition) is 1. The molecule has 0 aliphatic carbocycles. The summed E-state index contributed by atoms with van der Waals surface area (Å²) in [6, 6.07) is 8.36. The molecular weight excluding hydrogens is 231 g/mol. The SMILES string of the molecule is COC(c1ccccc1)C(N)CCC(F)(F)F. The van der Waals surface area contributed by atoms with Crippen LogP contribution in [0.2, 0.25) is 0 Å². The summed E-state index contributed by atoms with van der Waals surface area (Å²) in [5.74, 6) is 0. The molecule has 0 aromatic heterocycles. The van der Waals surface area contributed by atoms with Gasteiger partial charge in [0.05, 0.1) is 6.10 Å². The highest BCUT2D eigenvalue weighted by molar-refractivity contribution is 5.19. The Hall–Kier alpha value is -1.07. The summed E-state index contributed by atoms with van der Waals surface area (Å²) in [5.41, 5.74) is 6.54. The van der Waals surface area contributed by atoms with Crippen LogP contribution in [-0.4, -0.2) is 19.3 Å². The predicted octanol–water partition coefficient (Wildman–Crippen LogP) is 3.04. The van der Waals surface area contributed by atoms with Crippen LogP contribution in [0.3, 0.4) is 0 Å². The Morgan fingerprint density at radius 3 is 2.29 bits per heavy atom. The summed E-state index contributed by atoms with van der Waals surface area (Å²) in [6.07, 6.45) is -5.71. The van der Waals surface area contributed by atoms with Crippen molar-refractivity contribution in [1.82, 2.24) is 0 Å². The number of halogens is 3. The highest BCUT2D eigenvalue weighted by atomic mass is 19.4. The number of ether oxygens (including phenoxy) is 1. The smallest absolute Gasteiger partial charge is 0.375 e. The molecule has 0 spiro atoms. The number of nitrogens with two attached hydrogens (primary N) is 1. The molecule has 0 heterocycles. The summed E-state index contributed by atoms with van der Waals surface area (Å²) in [5, 5.41) is 0. The monoisotopic (exact) mass is 247 g/mol. The Bertz CT molecular complexity index is 326. The Morgan fingerprint density at radius 1 is 1.24 bits per heavy atom. The number of methoxy groups -OCH3 is 1. The third-order valence-corrected chi connectivity index (χ3v) is 2.53. The van der Waals surface area contributed by atoms with E-state index in [1.54, 1.807) is 24.3 Å². The van der Waals surface area contributed by atoms with Crippen LogP contribution in [0.1, 0.15) is 24.5 Å². The van der Waals surface area contributed by atoms with Crippen LogP contribution in [0.15, 0.2) is 30.3 Å². The van der Waals surface area contributed by atoms with E-state index in [0.29, 0.717) is 0 Å². The van der Waals surface area contributed by atoms with Crippen molar-refractivity contribution in [2.24, 2.45) is 5.73 Å². The van der Waals surface area contributed by atoms with Gasteiger partial charge in [-0.05, 0) is 12.0 Å². The predicted molar refractivity (Wildman–Crippen MR) is 59.5 cm³/mol. The van der Waals surface area contributed by atoms with E-state index in [9.17, 15) is 13.2 Å². The van der Waals surface area contributed by atoms with Gasteiger partial charge in [-0.1, -0.05) is 30.3 Å². The van der Waals surface area contributed by atoms with Gasteiger partial charge < -0.3 is 10.5 Å². The van der Waals surface area contributed by atoms with Crippen LogP contribution in [-0.2, 0) is 4.74 Å². The van der Waals surface area contributed by atoms with Gasteiger partial charge in [-0.15, -0.1) is 0 Å². The molecule has 2 N–H and O–H groups in total. The molecule has 1 rings (SSSR count). The normalized spacial score (nSPS) is 15.6. The van der Waals surface area contributed by atoms with Gasteiger partial charge >= 0.3 is 6.18 Å². The summed E-state index contributed by atoms with van der Waals surface area (Å²) in [7, 11) is 1.45. The highest BCUT2D eigenvalue weighted by Crippen LogP contribution is 2.27. The second kappa shape index (κ2) is 6.02. The van der Waals surface area contributed by atoms with Gasteiger partial charge in [0.1, 0.15) is 0 Å². The van der Waals surface area contributed by atoms with Gasteiger partial charge in [0.15, 0.2) is 0 Å². The van der Waals surface area contributed by atoms with E-state index >= 15 is 0 Å². The second-order valence-electron chi connectivity index (χ2n) is 3.88. The molecule has 0 radical (unpaired) electrons. The average Bonchev–Trinajstić information content (AvgIpc) is 2.28. The molecule has 17 heavy (non-hydrogen) atoms. The van der Waals surface area contributed by atoms with E-state index in [4.69, 9.17) is 10.5 Å². The van der Waals surface area contributed by atoms with E-state index in [1.165, 1.54) is 7.11 Å². The van der Waals surface area contributed by atoms with Crippen molar-refractivity contribution in [3.63, 3.8) is 0 Å². The first kappa shape index (κ1) is 14.0. The van der Waals surface area contributed by atoms with Crippen molar-refractivity contribution in [2.45, 2.75) is 31.2 Å². The fourth-order valence-corrected chi connectivity index (χ4v) is 1.68. The minimum absolute atomic E-state index is 0.142. The lowest BCUT2D eigenvalue weighted by Gasteiger charge is -2.23. The molecule has 2 atom stereocenters. The number of hydrogen-bond acceptors (Lipinski definition) is 2. The third-order valence-electron chi connectivity index (χ3n) is 2.53. The zero-order valence-electron chi connectivity index (χ0n) is 9.58. The van der Waals surface area contributed by atoms with Crippen LogP contribution < -0.4 is 5.73 Å². The van der Waals surface area contributed by atoms with Crippen LogP contribution in [0.4, 0.5) is 13.2 Å². The average molecular weight is 247 g/mol. The molecule has 96 valence electrons. The van der Waals surface area contributed by atoms with Crippen molar-refractivity contribution in [3.05, 3.63) is 35.9 Å². The lowest BCUT2D eigenvalue weighted by atomic mass is 9.99. The van der Waals surface area contributed by atoms with E-state index in [-0.39, 0.29) is 6.42 Å². The van der Waals surface area contributed by atoms with Crippen molar-refractivity contribution in [3.8, 4) is 0 Å². The van der Waals surface area contributed by atoms with Crippen molar-refractivity contribution < 1.29 is 17.9 Å². The second-order valence-corrected chi connectivity index (χ2v) is 3.88.